The summed E-state index contributed by atoms with van der Waals surface area (Å²) in [4.78, 5) is 0.228. The number of aliphatic hydroxyl groups is 1. The summed E-state index contributed by atoms with van der Waals surface area (Å²) in [6, 6.07) is 6.11. The van der Waals surface area contributed by atoms with Crippen molar-refractivity contribution in [3.63, 3.8) is 0 Å². The topological polar surface area (TPSA) is 83.6 Å². The zero-order valence-corrected chi connectivity index (χ0v) is 10.7. The van der Waals surface area contributed by atoms with Crippen LogP contribution in [0.2, 0.25) is 0 Å². The SMILES string of the molecule is CCN(CCCO)S(=O)(=O)c1ccc(N)cc1. The van der Waals surface area contributed by atoms with E-state index in [2.05, 4.69) is 0 Å². The van der Waals surface area contributed by atoms with Gasteiger partial charge in [-0.15, -0.1) is 0 Å². The van der Waals surface area contributed by atoms with Crippen LogP contribution in [0.1, 0.15) is 13.3 Å². The Morgan fingerprint density at radius 2 is 1.88 bits per heavy atom. The predicted molar refractivity (Wildman–Crippen MR) is 67.0 cm³/mol. The lowest BCUT2D eigenvalue weighted by Crippen LogP contribution is -2.32. The van der Waals surface area contributed by atoms with Gasteiger partial charge in [-0.3, -0.25) is 0 Å². The van der Waals surface area contributed by atoms with Crippen molar-refractivity contribution in [2.75, 3.05) is 25.4 Å². The van der Waals surface area contributed by atoms with E-state index in [0.717, 1.165) is 0 Å². The highest BCUT2D eigenvalue weighted by atomic mass is 32.2. The van der Waals surface area contributed by atoms with Gasteiger partial charge in [-0.25, -0.2) is 8.42 Å². The third-order valence-electron chi connectivity index (χ3n) is 2.44. The van der Waals surface area contributed by atoms with Crippen LogP contribution in [0.25, 0.3) is 0 Å². The third-order valence-corrected chi connectivity index (χ3v) is 4.42. The Labute approximate surface area is 102 Å². The highest BCUT2D eigenvalue weighted by Crippen LogP contribution is 2.17. The molecule has 0 atom stereocenters. The first-order chi connectivity index (χ1) is 8.02. The highest BCUT2D eigenvalue weighted by Gasteiger charge is 2.22. The van der Waals surface area contributed by atoms with Crippen molar-refractivity contribution in [2.24, 2.45) is 0 Å². The first kappa shape index (κ1) is 14.0. The van der Waals surface area contributed by atoms with Crippen molar-refractivity contribution >= 4 is 15.7 Å². The van der Waals surface area contributed by atoms with Crippen LogP contribution in [-0.2, 0) is 10.0 Å². The lowest BCUT2D eigenvalue weighted by molar-refractivity contribution is 0.271. The Morgan fingerprint density at radius 1 is 1.29 bits per heavy atom. The summed E-state index contributed by atoms with van der Waals surface area (Å²) in [6.07, 6.45) is 0.433. The van der Waals surface area contributed by atoms with Crippen LogP contribution in [-0.4, -0.2) is 37.5 Å². The van der Waals surface area contributed by atoms with Gasteiger partial charge in [0.2, 0.25) is 10.0 Å². The molecule has 0 aliphatic carbocycles. The third kappa shape index (κ3) is 3.42. The minimum absolute atomic E-state index is 0.0201. The molecular formula is C11H18N2O3S. The Balaban J connectivity index is 2.95. The number of nitrogens with two attached hydrogens (primary N) is 1. The maximum atomic E-state index is 12.2. The molecular weight excluding hydrogens is 240 g/mol. The molecule has 0 heterocycles. The number of aliphatic hydroxyl groups excluding tert-OH is 1. The van der Waals surface area contributed by atoms with Crippen LogP contribution in [0.4, 0.5) is 5.69 Å². The Kier molecular flexibility index (Phi) is 4.92. The fourth-order valence-corrected chi connectivity index (χ4v) is 2.97. The molecule has 96 valence electrons. The van der Waals surface area contributed by atoms with E-state index < -0.39 is 10.0 Å². The molecule has 0 spiro atoms. The number of hydrogen-bond acceptors (Lipinski definition) is 4. The quantitative estimate of drug-likeness (QED) is 0.734. The first-order valence-corrected chi connectivity index (χ1v) is 6.93. The van der Waals surface area contributed by atoms with E-state index in [0.29, 0.717) is 25.2 Å². The Morgan fingerprint density at radius 3 is 2.35 bits per heavy atom. The molecule has 0 unspecified atom stereocenters. The molecule has 0 radical (unpaired) electrons. The van der Waals surface area contributed by atoms with Gasteiger partial charge >= 0.3 is 0 Å². The smallest absolute Gasteiger partial charge is 0.243 e. The van der Waals surface area contributed by atoms with Crippen LogP contribution in [0.5, 0.6) is 0 Å². The standard InChI is InChI=1S/C11H18N2O3S/c1-2-13(8-3-9-14)17(15,16)11-6-4-10(12)5-7-11/h4-7,14H,2-3,8-9,12H2,1H3. The lowest BCUT2D eigenvalue weighted by Gasteiger charge is -2.20. The number of nitrogen functional groups attached to an aromatic ring is 1. The summed E-state index contributed by atoms with van der Waals surface area (Å²) >= 11 is 0. The summed E-state index contributed by atoms with van der Waals surface area (Å²) in [5.41, 5.74) is 6.05. The number of nitrogens with zero attached hydrogens (tertiary/aromatic N) is 1. The van der Waals surface area contributed by atoms with Crippen LogP contribution in [0, 0.1) is 0 Å². The Hall–Kier alpha value is -1.11. The predicted octanol–water partition coefficient (Wildman–Crippen LogP) is 0.662. The van der Waals surface area contributed by atoms with Gasteiger partial charge in [-0.1, -0.05) is 6.92 Å². The van der Waals surface area contributed by atoms with Crippen molar-refractivity contribution in [1.82, 2.24) is 4.31 Å². The second kappa shape index (κ2) is 6.00. The summed E-state index contributed by atoms with van der Waals surface area (Å²) < 4.78 is 25.7. The van der Waals surface area contributed by atoms with Crippen molar-refractivity contribution in [3.8, 4) is 0 Å². The summed E-state index contributed by atoms with van der Waals surface area (Å²) in [5, 5.41) is 8.75. The van der Waals surface area contributed by atoms with E-state index in [4.69, 9.17) is 10.8 Å². The molecule has 6 heteroatoms. The van der Waals surface area contributed by atoms with E-state index in [-0.39, 0.29) is 11.5 Å². The number of benzene rings is 1. The minimum atomic E-state index is -3.47. The monoisotopic (exact) mass is 258 g/mol. The molecule has 17 heavy (non-hydrogen) atoms. The van der Waals surface area contributed by atoms with Crippen LogP contribution < -0.4 is 5.73 Å². The average molecular weight is 258 g/mol. The van der Waals surface area contributed by atoms with Gasteiger partial charge in [0.05, 0.1) is 4.90 Å². The summed E-state index contributed by atoms with van der Waals surface area (Å²) in [5.74, 6) is 0. The summed E-state index contributed by atoms with van der Waals surface area (Å²) in [7, 11) is -3.47. The summed E-state index contributed by atoms with van der Waals surface area (Å²) in [6.45, 7) is 2.45. The van der Waals surface area contributed by atoms with E-state index in [1.165, 1.54) is 16.4 Å². The zero-order chi connectivity index (χ0) is 12.9. The van der Waals surface area contributed by atoms with E-state index in [9.17, 15) is 8.42 Å². The maximum Gasteiger partial charge on any atom is 0.243 e. The molecule has 0 aliphatic rings. The minimum Gasteiger partial charge on any atom is -0.399 e. The maximum absolute atomic E-state index is 12.2. The lowest BCUT2D eigenvalue weighted by atomic mass is 10.3. The molecule has 0 saturated heterocycles. The normalized spacial score (nSPS) is 11.9. The molecule has 0 aliphatic heterocycles. The van der Waals surface area contributed by atoms with Gasteiger partial charge in [0.1, 0.15) is 0 Å². The second-order valence-corrected chi connectivity index (χ2v) is 5.58. The van der Waals surface area contributed by atoms with Gasteiger partial charge in [0, 0.05) is 25.4 Å². The molecule has 3 N–H and O–H groups in total. The molecule has 0 amide bonds. The molecule has 0 fully saturated rings. The number of sulfonamides is 1. The molecule has 0 saturated carbocycles. The average Bonchev–Trinajstić information content (AvgIpc) is 2.30. The van der Waals surface area contributed by atoms with Crippen molar-refractivity contribution in [2.45, 2.75) is 18.2 Å². The van der Waals surface area contributed by atoms with Crippen molar-refractivity contribution < 1.29 is 13.5 Å². The molecule has 1 aromatic carbocycles. The van der Waals surface area contributed by atoms with Crippen molar-refractivity contribution in [3.05, 3.63) is 24.3 Å². The first-order valence-electron chi connectivity index (χ1n) is 5.49. The van der Waals surface area contributed by atoms with Gasteiger partial charge in [-0.05, 0) is 30.7 Å². The second-order valence-electron chi connectivity index (χ2n) is 3.64. The van der Waals surface area contributed by atoms with Crippen LogP contribution in [0.3, 0.4) is 0 Å². The van der Waals surface area contributed by atoms with E-state index in [1.54, 1.807) is 19.1 Å². The Bertz CT molecular complexity index is 442. The molecule has 1 rings (SSSR count). The zero-order valence-electron chi connectivity index (χ0n) is 9.83. The van der Waals surface area contributed by atoms with Gasteiger partial charge in [0.25, 0.3) is 0 Å². The van der Waals surface area contributed by atoms with E-state index >= 15 is 0 Å². The number of hydrogen-bond donors (Lipinski definition) is 2. The largest absolute Gasteiger partial charge is 0.399 e. The van der Waals surface area contributed by atoms with Crippen LogP contribution >= 0.6 is 0 Å². The molecule has 0 bridgehead atoms. The fraction of sp³-hybridized carbons (Fsp3) is 0.455. The van der Waals surface area contributed by atoms with Gasteiger partial charge in [-0.2, -0.15) is 4.31 Å². The number of rotatable bonds is 6. The van der Waals surface area contributed by atoms with Gasteiger partial charge < -0.3 is 10.8 Å². The van der Waals surface area contributed by atoms with E-state index in [1.807, 2.05) is 0 Å². The fourth-order valence-electron chi connectivity index (χ4n) is 1.48. The molecule has 0 aromatic heterocycles. The van der Waals surface area contributed by atoms with Crippen molar-refractivity contribution in [1.29, 1.82) is 0 Å². The molecule has 1 aromatic rings. The molecule has 5 nitrogen and oxygen atoms in total. The van der Waals surface area contributed by atoms with Gasteiger partial charge in [0.15, 0.2) is 0 Å². The van der Waals surface area contributed by atoms with Crippen LogP contribution in [0.15, 0.2) is 29.2 Å². The number of anilines is 1. The highest BCUT2D eigenvalue weighted by molar-refractivity contribution is 7.89.